The molecule has 0 saturated heterocycles. The van der Waals surface area contributed by atoms with Crippen molar-refractivity contribution in [1.82, 2.24) is 4.98 Å². The predicted molar refractivity (Wildman–Crippen MR) is 112 cm³/mol. The minimum absolute atomic E-state index is 0.514. The minimum Gasteiger partial charge on any atom is -0.247 e. The van der Waals surface area contributed by atoms with Crippen molar-refractivity contribution < 1.29 is 0 Å². The molecule has 1 heterocycles. The molecule has 0 saturated carbocycles. The second-order valence-corrected chi connectivity index (χ2v) is 7.80. The van der Waals surface area contributed by atoms with Gasteiger partial charge in [0.05, 0.1) is 11.2 Å². The van der Waals surface area contributed by atoms with Crippen LogP contribution in [0.25, 0.3) is 22.2 Å². The van der Waals surface area contributed by atoms with Crippen molar-refractivity contribution in [2.75, 3.05) is 0 Å². The topological polar surface area (TPSA) is 12.9 Å². The second kappa shape index (κ2) is 7.04. The summed E-state index contributed by atoms with van der Waals surface area (Å²) in [7, 11) is 0. The van der Waals surface area contributed by atoms with Crippen molar-refractivity contribution in [1.29, 1.82) is 0 Å². The zero-order valence-electron chi connectivity index (χ0n) is 16.0. The standard InChI is InChI=1S/C24H26ClN/c1-4-19-16(3)13-18(14-25)24-22(19)20-7-5-6-8-21(20)23(26-24)17-11-9-15(2)10-12-17/h9-13H,4-8,14H2,1-3H3. The van der Waals surface area contributed by atoms with Crippen LogP contribution in [0.15, 0.2) is 30.3 Å². The average molecular weight is 364 g/mol. The summed E-state index contributed by atoms with van der Waals surface area (Å²) >= 11 is 6.34. The lowest BCUT2D eigenvalue weighted by atomic mass is 9.83. The first-order valence-corrected chi connectivity index (χ1v) is 10.3. The lowest BCUT2D eigenvalue weighted by molar-refractivity contribution is 0.688. The molecule has 0 amide bonds. The molecule has 2 heteroatoms. The van der Waals surface area contributed by atoms with Gasteiger partial charge in [0.15, 0.2) is 0 Å². The van der Waals surface area contributed by atoms with Gasteiger partial charge in [-0.05, 0) is 73.8 Å². The quantitative estimate of drug-likeness (QED) is 0.472. The van der Waals surface area contributed by atoms with Gasteiger partial charge in [-0.15, -0.1) is 11.6 Å². The van der Waals surface area contributed by atoms with Crippen molar-refractivity contribution in [2.45, 2.75) is 58.8 Å². The van der Waals surface area contributed by atoms with Gasteiger partial charge in [0.2, 0.25) is 0 Å². The molecule has 0 radical (unpaired) electrons. The van der Waals surface area contributed by atoms with Crippen LogP contribution in [0.5, 0.6) is 0 Å². The van der Waals surface area contributed by atoms with Gasteiger partial charge in [-0.25, -0.2) is 4.98 Å². The van der Waals surface area contributed by atoms with E-state index in [9.17, 15) is 0 Å². The highest BCUT2D eigenvalue weighted by Crippen LogP contribution is 2.39. The normalized spacial score (nSPS) is 13.8. The highest BCUT2D eigenvalue weighted by atomic mass is 35.5. The Morgan fingerprint density at radius 3 is 2.35 bits per heavy atom. The monoisotopic (exact) mass is 363 g/mol. The lowest BCUT2D eigenvalue weighted by Crippen LogP contribution is -2.10. The van der Waals surface area contributed by atoms with Crippen LogP contribution in [0.2, 0.25) is 0 Å². The number of rotatable bonds is 3. The summed E-state index contributed by atoms with van der Waals surface area (Å²) in [5, 5.41) is 1.40. The number of aryl methyl sites for hydroxylation is 4. The summed E-state index contributed by atoms with van der Waals surface area (Å²) in [5.41, 5.74) is 11.8. The Hall–Kier alpha value is -1.86. The van der Waals surface area contributed by atoms with Crippen LogP contribution >= 0.6 is 11.6 Å². The second-order valence-electron chi connectivity index (χ2n) is 7.53. The summed E-state index contributed by atoms with van der Waals surface area (Å²) in [6.45, 7) is 6.61. The number of pyridine rings is 1. The summed E-state index contributed by atoms with van der Waals surface area (Å²) < 4.78 is 0. The number of hydrogen-bond acceptors (Lipinski definition) is 1. The number of fused-ring (bicyclic) bond motifs is 3. The van der Waals surface area contributed by atoms with Crippen molar-refractivity contribution in [3.63, 3.8) is 0 Å². The Labute approximate surface area is 161 Å². The van der Waals surface area contributed by atoms with Gasteiger partial charge in [-0.1, -0.05) is 42.8 Å². The molecule has 0 aliphatic heterocycles. The summed E-state index contributed by atoms with van der Waals surface area (Å²) in [6.07, 6.45) is 5.87. The first kappa shape index (κ1) is 17.5. The fourth-order valence-electron chi connectivity index (χ4n) is 4.50. The SMILES string of the molecule is CCc1c(C)cc(CCl)c2nc(-c3ccc(C)cc3)c3c(c12)CCCC3. The van der Waals surface area contributed by atoms with Gasteiger partial charge in [-0.2, -0.15) is 0 Å². The molecule has 0 bridgehead atoms. The van der Waals surface area contributed by atoms with E-state index in [0.717, 1.165) is 30.3 Å². The number of alkyl halides is 1. The third kappa shape index (κ3) is 2.83. The van der Waals surface area contributed by atoms with E-state index in [4.69, 9.17) is 16.6 Å². The Kier molecular flexibility index (Phi) is 4.75. The summed E-state index contributed by atoms with van der Waals surface area (Å²) in [6, 6.07) is 11.0. The molecule has 0 fully saturated rings. The molecule has 4 rings (SSSR count). The Bertz CT molecular complexity index is 970. The van der Waals surface area contributed by atoms with Crippen molar-refractivity contribution >= 4 is 22.5 Å². The Morgan fingerprint density at radius 2 is 1.69 bits per heavy atom. The van der Waals surface area contributed by atoms with Gasteiger partial charge in [0, 0.05) is 16.8 Å². The van der Waals surface area contributed by atoms with Crippen LogP contribution in [-0.2, 0) is 25.1 Å². The van der Waals surface area contributed by atoms with E-state index in [1.54, 1.807) is 0 Å². The molecule has 0 N–H and O–H groups in total. The number of hydrogen-bond donors (Lipinski definition) is 0. The van der Waals surface area contributed by atoms with Gasteiger partial charge in [0.25, 0.3) is 0 Å². The molecule has 1 aromatic heterocycles. The zero-order chi connectivity index (χ0) is 18.3. The highest BCUT2D eigenvalue weighted by Gasteiger charge is 2.22. The molecular formula is C24H26ClN. The molecule has 26 heavy (non-hydrogen) atoms. The fourth-order valence-corrected chi connectivity index (χ4v) is 4.70. The van der Waals surface area contributed by atoms with Gasteiger partial charge >= 0.3 is 0 Å². The predicted octanol–water partition coefficient (Wildman–Crippen LogP) is 6.70. The van der Waals surface area contributed by atoms with E-state index in [-0.39, 0.29) is 0 Å². The fraction of sp³-hybridized carbons (Fsp3) is 0.375. The van der Waals surface area contributed by atoms with Crippen LogP contribution < -0.4 is 0 Å². The first-order chi connectivity index (χ1) is 12.6. The van der Waals surface area contributed by atoms with Crippen molar-refractivity contribution in [2.24, 2.45) is 0 Å². The maximum Gasteiger partial charge on any atom is 0.0759 e. The Morgan fingerprint density at radius 1 is 1.00 bits per heavy atom. The number of nitrogens with zero attached hydrogens (tertiary/aromatic N) is 1. The van der Waals surface area contributed by atoms with E-state index in [2.05, 4.69) is 51.1 Å². The smallest absolute Gasteiger partial charge is 0.0759 e. The van der Waals surface area contributed by atoms with E-state index in [1.807, 2.05) is 0 Å². The van der Waals surface area contributed by atoms with Crippen molar-refractivity contribution in [3.8, 4) is 11.3 Å². The van der Waals surface area contributed by atoms with Crippen LogP contribution in [0.3, 0.4) is 0 Å². The number of aromatic nitrogens is 1. The molecule has 0 spiro atoms. The number of halogens is 1. The van der Waals surface area contributed by atoms with Crippen LogP contribution in [0.4, 0.5) is 0 Å². The lowest BCUT2D eigenvalue weighted by Gasteiger charge is -2.24. The molecule has 3 aromatic rings. The van der Waals surface area contributed by atoms with E-state index < -0.39 is 0 Å². The largest absolute Gasteiger partial charge is 0.247 e. The molecule has 1 aliphatic carbocycles. The molecule has 0 atom stereocenters. The minimum atomic E-state index is 0.514. The van der Waals surface area contributed by atoms with E-state index >= 15 is 0 Å². The average Bonchev–Trinajstić information content (AvgIpc) is 2.67. The highest BCUT2D eigenvalue weighted by molar-refractivity contribution is 6.18. The van der Waals surface area contributed by atoms with Gasteiger partial charge < -0.3 is 0 Å². The summed E-state index contributed by atoms with van der Waals surface area (Å²) in [4.78, 5) is 5.22. The summed E-state index contributed by atoms with van der Waals surface area (Å²) in [5.74, 6) is 0.514. The van der Waals surface area contributed by atoms with Gasteiger partial charge in [-0.3, -0.25) is 0 Å². The van der Waals surface area contributed by atoms with Crippen LogP contribution in [0.1, 0.15) is 53.1 Å². The molecule has 1 aliphatic rings. The first-order valence-electron chi connectivity index (χ1n) is 9.73. The third-order valence-electron chi connectivity index (χ3n) is 5.81. The molecule has 2 aromatic carbocycles. The zero-order valence-corrected chi connectivity index (χ0v) is 16.7. The molecular weight excluding hydrogens is 338 g/mol. The molecule has 0 unspecified atom stereocenters. The van der Waals surface area contributed by atoms with Crippen molar-refractivity contribution in [3.05, 3.63) is 63.7 Å². The third-order valence-corrected chi connectivity index (χ3v) is 6.10. The molecule has 1 nitrogen and oxygen atoms in total. The van der Waals surface area contributed by atoms with E-state index in [1.165, 1.54) is 57.3 Å². The van der Waals surface area contributed by atoms with Gasteiger partial charge in [0.1, 0.15) is 0 Å². The van der Waals surface area contributed by atoms with Crippen LogP contribution in [-0.4, -0.2) is 4.98 Å². The van der Waals surface area contributed by atoms with Crippen LogP contribution in [0, 0.1) is 13.8 Å². The molecule has 134 valence electrons. The maximum absolute atomic E-state index is 6.34. The van der Waals surface area contributed by atoms with E-state index in [0.29, 0.717) is 5.88 Å². The maximum atomic E-state index is 6.34. The number of benzene rings is 2. The Balaban J connectivity index is 2.11.